The monoisotopic (exact) mass is 490 g/mol. The largest absolute Gasteiger partial charge is 0.461 e. The Balaban J connectivity index is 1.27. The summed E-state index contributed by atoms with van der Waals surface area (Å²) in [5.41, 5.74) is 2.49. The average Bonchev–Trinajstić information content (AvgIpc) is 3.59. The second kappa shape index (κ2) is 9.51. The van der Waals surface area contributed by atoms with Crippen LogP contribution in [0.1, 0.15) is 12.0 Å². The molecule has 0 saturated carbocycles. The lowest BCUT2D eigenvalue weighted by molar-refractivity contribution is -0.146. The molecule has 1 unspecified atom stereocenters. The van der Waals surface area contributed by atoms with E-state index in [9.17, 15) is 18.8 Å². The van der Waals surface area contributed by atoms with Crippen LogP contribution >= 0.6 is 11.3 Å². The Kier molecular flexibility index (Phi) is 6.11. The Morgan fingerprint density at radius 3 is 2.51 bits per heavy atom. The molecule has 3 heterocycles. The molecule has 1 aliphatic rings. The highest BCUT2D eigenvalue weighted by Gasteiger charge is 2.40. The number of anilines is 1. The number of benzene rings is 2. The molecule has 0 aliphatic carbocycles. The number of nitrogens with zero attached hydrogens (tertiary/aromatic N) is 3. The van der Waals surface area contributed by atoms with Crippen LogP contribution in [-0.2, 0) is 20.9 Å². The lowest BCUT2D eigenvalue weighted by atomic mass is 10.2. The van der Waals surface area contributed by atoms with Crippen LogP contribution in [0.15, 0.2) is 78.3 Å². The molecular formula is C25H19FN4O4S. The molecular weight excluding hydrogens is 471 g/mol. The van der Waals surface area contributed by atoms with Crippen LogP contribution in [0.25, 0.3) is 16.3 Å². The summed E-state index contributed by atoms with van der Waals surface area (Å²) in [5, 5.41) is 9.09. The van der Waals surface area contributed by atoms with Crippen molar-refractivity contribution in [1.82, 2.24) is 15.1 Å². The SMILES string of the molecule is O=C(CC1NC(=O)N(c2ccc(F)cc2)C1=O)OCc1cn(-c2ccccc2)nc1-c1cccs1. The number of nitrogens with one attached hydrogen (secondary N) is 1. The van der Waals surface area contributed by atoms with E-state index >= 15 is 0 Å². The van der Waals surface area contributed by atoms with E-state index < -0.39 is 29.8 Å². The summed E-state index contributed by atoms with van der Waals surface area (Å²) >= 11 is 1.52. The molecule has 2 aromatic heterocycles. The Hall–Kier alpha value is -4.31. The first-order chi connectivity index (χ1) is 17.0. The van der Waals surface area contributed by atoms with Crippen LogP contribution < -0.4 is 10.2 Å². The maximum Gasteiger partial charge on any atom is 0.329 e. The van der Waals surface area contributed by atoms with Gasteiger partial charge in [0.05, 0.1) is 22.7 Å². The normalized spacial score (nSPS) is 15.3. The van der Waals surface area contributed by atoms with E-state index in [4.69, 9.17) is 4.74 Å². The number of urea groups is 1. The molecule has 1 aliphatic heterocycles. The lowest BCUT2D eigenvalue weighted by Gasteiger charge is -2.12. The number of hydrogen-bond donors (Lipinski definition) is 1. The van der Waals surface area contributed by atoms with Crippen molar-refractivity contribution in [3.63, 3.8) is 0 Å². The molecule has 3 amide bonds. The van der Waals surface area contributed by atoms with Crippen LogP contribution in [0.4, 0.5) is 14.9 Å². The van der Waals surface area contributed by atoms with E-state index in [1.54, 1.807) is 10.9 Å². The van der Waals surface area contributed by atoms with E-state index in [0.29, 0.717) is 11.3 Å². The number of para-hydroxylation sites is 1. The van der Waals surface area contributed by atoms with E-state index in [2.05, 4.69) is 10.4 Å². The van der Waals surface area contributed by atoms with Gasteiger partial charge >= 0.3 is 12.0 Å². The van der Waals surface area contributed by atoms with E-state index in [0.717, 1.165) is 27.6 Å². The third-order valence-electron chi connectivity index (χ3n) is 5.43. The number of carbonyl (C=O) groups excluding carboxylic acids is 3. The molecule has 176 valence electrons. The third-order valence-corrected chi connectivity index (χ3v) is 6.31. The molecule has 2 aromatic carbocycles. The third kappa shape index (κ3) is 4.69. The van der Waals surface area contributed by atoms with Crippen LogP contribution in [-0.4, -0.2) is 33.7 Å². The number of carbonyl (C=O) groups is 3. The molecule has 35 heavy (non-hydrogen) atoms. The number of ether oxygens (including phenoxy) is 1. The van der Waals surface area contributed by atoms with Crippen molar-refractivity contribution in [2.75, 3.05) is 4.90 Å². The van der Waals surface area contributed by atoms with E-state index in [-0.39, 0.29) is 18.7 Å². The highest BCUT2D eigenvalue weighted by Crippen LogP contribution is 2.28. The van der Waals surface area contributed by atoms with Crippen molar-refractivity contribution >= 4 is 34.9 Å². The predicted molar refractivity (Wildman–Crippen MR) is 127 cm³/mol. The molecule has 10 heteroatoms. The minimum absolute atomic E-state index is 0.0462. The van der Waals surface area contributed by atoms with Gasteiger partial charge in [0, 0.05) is 11.8 Å². The number of aromatic nitrogens is 2. The van der Waals surface area contributed by atoms with Gasteiger partial charge in [-0.15, -0.1) is 11.3 Å². The molecule has 8 nitrogen and oxygen atoms in total. The van der Waals surface area contributed by atoms with Gasteiger partial charge in [0.25, 0.3) is 5.91 Å². The van der Waals surface area contributed by atoms with Gasteiger partial charge < -0.3 is 10.1 Å². The van der Waals surface area contributed by atoms with Crippen molar-refractivity contribution in [3.05, 3.63) is 89.7 Å². The second-order valence-corrected chi connectivity index (χ2v) is 8.73. The van der Waals surface area contributed by atoms with Gasteiger partial charge in [-0.3, -0.25) is 9.59 Å². The van der Waals surface area contributed by atoms with Gasteiger partial charge in [0.15, 0.2) is 0 Å². The summed E-state index contributed by atoms with van der Waals surface area (Å²) in [6.45, 7) is -0.0462. The molecule has 1 fully saturated rings. The minimum atomic E-state index is -1.07. The summed E-state index contributed by atoms with van der Waals surface area (Å²) in [4.78, 5) is 39.4. The van der Waals surface area contributed by atoms with Crippen molar-refractivity contribution in [3.8, 4) is 16.3 Å². The first-order valence-electron chi connectivity index (χ1n) is 10.7. The number of esters is 1. The van der Waals surface area contributed by atoms with Crippen molar-refractivity contribution < 1.29 is 23.5 Å². The quantitative estimate of drug-likeness (QED) is 0.308. The maximum absolute atomic E-state index is 13.2. The van der Waals surface area contributed by atoms with Gasteiger partial charge in [0.2, 0.25) is 0 Å². The molecule has 0 bridgehead atoms. The summed E-state index contributed by atoms with van der Waals surface area (Å²) < 4.78 is 20.4. The average molecular weight is 491 g/mol. The van der Waals surface area contributed by atoms with Gasteiger partial charge in [-0.05, 0) is 47.8 Å². The summed E-state index contributed by atoms with van der Waals surface area (Å²) in [7, 11) is 0. The smallest absolute Gasteiger partial charge is 0.329 e. The van der Waals surface area contributed by atoms with Gasteiger partial charge in [-0.1, -0.05) is 24.3 Å². The Labute approximate surface area is 203 Å². The molecule has 1 saturated heterocycles. The molecule has 5 rings (SSSR count). The van der Waals surface area contributed by atoms with E-state index in [1.165, 1.54) is 23.5 Å². The predicted octanol–water partition coefficient (Wildman–Crippen LogP) is 4.30. The van der Waals surface area contributed by atoms with Crippen molar-refractivity contribution in [2.24, 2.45) is 0 Å². The summed E-state index contributed by atoms with van der Waals surface area (Å²) in [5.74, 6) is -1.73. The fourth-order valence-electron chi connectivity index (χ4n) is 3.74. The Bertz CT molecular complexity index is 1370. The number of thiophene rings is 1. The van der Waals surface area contributed by atoms with Gasteiger partial charge in [-0.2, -0.15) is 5.10 Å². The van der Waals surface area contributed by atoms with Crippen LogP contribution in [0.2, 0.25) is 0 Å². The first-order valence-corrected chi connectivity index (χ1v) is 11.6. The molecule has 0 radical (unpaired) electrons. The highest BCUT2D eigenvalue weighted by atomic mass is 32.1. The Morgan fingerprint density at radius 2 is 1.80 bits per heavy atom. The molecule has 1 atom stereocenters. The molecule has 1 N–H and O–H groups in total. The van der Waals surface area contributed by atoms with Gasteiger partial charge in [-0.25, -0.2) is 18.8 Å². The van der Waals surface area contributed by atoms with Crippen LogP contribution in [0.5, 0.6) is 0 Å². The highest BCUT2D eigenvalue weighted by molar-refractivity contribution is 7.13. The van der Waals surface area contributed by atoms with Crippen molar-refractivity contribution in [2.45, 2.75) is 19.1 Å². The Morgan fingerprint density at radius 1 is 1.03 bits per heavy atom. The molecule has 4 aromatic rings. The zero-order valence-corrected chi connectivity index (χ0v) is 19.1. The van der Waals surface area contributed by atoms with Crippen LogP contribution in [0, 0.1) is 5.82 Å². The number of imide groups is 1. The van der Waals surface area contributed by atoms with Crippen molar-refractivity contribution in [1.29, 1.82) is 0 Å². The number of halogens is 1. The number of hydrogen-bond acceptors (Lipinski definition) is 6. The zero-order chi connectivity index (χ0) is 24.4. The number of amides is 3. The summed E-state index contributed by atoms with van der Waals surface area (Å²) in [6.07, 6.45) is 1.47. The fourth-order valence-corrected chi connectivity index (χ4v) is 4.48. The first kappa shape index (κ1) is 22.5. The topological polar surface area (TPSA) is 93.5 Å². The second-order valence-electron chi connectivity index (χ2n) is 7.78. The fraction of sp³-hybridized carbons (Fsp3) is 0.120. The van der Waals surface area contributed by atoms with E-state index in [1.807, 2.05) is 47.8 Å². The van der Waals surface area contributed by atoms with Crippen LogP contribution in [0.3, 0.4) is 0 Å². The number of rotatable bonds is 7. The maximum atomic E-state index is 13.2. The standard InChI is InChI=1S/C25H19FN4O4S/c26-17-8-10-19(11-9-17)30-24(32)20(27-25(30)33)13-22(31)34-15-16-14-29(18-5-2-1-3-6-18)28-23(16)21-7-4-12-35-21/h1-12,14,20H,13,15H2,(H,27,33). The minimum Gasteiger partial charge on any atom is -0.461 e. The lowest BCUT2D eigenvalue weighted by Crippen LogP contribution is -2.33. The zero-order valence-electron chi connectivity index (χ0n) is 18.3. The van der Waals surface area contributed by atoms with Gasteiger partial charge in [0.1, 0.15) is 24.2 Å². The molecule has 0 spiro atoms. The summed E-state index contributed by atoms with van der Waals surface area (Å²) in [6, 6.07) is 16.6.